The molecule has 0 unspecified atom stereocenters. The molecule has 2 N–H and O–H groups in total. The Bertz CT molecular complexity index is 656. The van der Waals surface area contributed by atoms with Crippen LogP contribution in [0, 0.1) is 12.7 Å². The summed E-state index contributed by atoms with van der Waals surface area (Å²) in [5.41, 5.74) is -0.257. The number of nitrogens with one attached hydrogen (secondary N) is 1. The van der Waals surface area contributed by atoms with Crippen molar-refractivity contribution in [3.8, 4) is 0 Å². The highest BCUT2D eigenvalue weighted by atomic mass is 32.1. The fourth-order valence-corrected chi connectivity index (χ4v) is 2.02. The molecule has 6 nitrogen and oxygen atoms in total. The Labute approximate surface area is 111 Å². The highest BCUT2D eigenvalue weighted by molar-refractivity contribution is 7.08. The number of hydrogen-bond donors (Lipinski definition) is 2. The Hall–Kier alpha value is -2.35. The predicted octanol–water partition coefficient (Wildman–Crippen LogP) is 1.94. The topological polar surface area (TPSA) is 92.2 Å². The van der Waals surface area contributed by atoms with Gasteiger partial charge in [0.15, 0.2) is 0 Å². The van der Waals surface area contributed by atoms with Crippen LogP contribution in [-0.2, 0) is 0 Å². The van der Waals surface area contributed by atoms with E-state index in [-0.39, 0.29) is 10.6 Å². The number of aromatic nitrogens is 2. The summed E-state index contributed by atoms with van der Waals surface area (Å²) in [6.45, 7) is 1.60. The van der Waals surface area contributed by atoms with Gasteiger partial charge in [0.05, 0.1) is 11.4 Å². The molecule has 0 spiro atoms. The van der Waals surface area contributed by atoms with Gasteiger partial charge >= 0.3 is 5.97 Å². The van der Waals surface area contributed by atoms with E-state index in [1.54, 1.807) is 6.92 Å². The van der Waals surface area contributed by atoms with Crippen LogP contribution in [0.3, 0.4) is 0 Å². The first-order valence-electron chi connectivity index (χ1n) is 5.13. The number of nitrogens with zero attached hydrogens (tertiary/aromatic N) is 2. The molecule has 0 aliphatic heterocycles. The van der Waals surface area contributed by atoms with Crippen LogP contribution >= 0.6 is 11.5 Å². The number of carbonyl (C=O) groups excluding carboxylic acids is 1. The van der Waals surface area contributed by atoms with Gasteiger partial charge in [-0.05, 0) is 30.6 Å². The Kier molecular flexibility index (Phi) is 3.52. The molecule has 19 heavy (non-hydrogen) atoms. The van der Waals surface area contributed by atoms with Crippen LogP contribution in [0.2, 0.25) is 0 Å². The zero-order chi connectivity index (χ0) is 14.0. The van der Waals surface area contributed by atoms with Gasteiger partial charge in [-0.1, -0.05) is 10.6 Å². The molecular formula is C11H8FN3O3S. The van der Waals surface area contributed by atoms with Gasteiger partial charge in [-0.3, -0.25) is 4.79 Å². The first-order valence-corrected chi connectivity index (χ1v) is 5.90. The normalized spacial score (nSPS) is 10.2. The van der Waals surface area contributed by atoms with Gasteiger partial charge in [-0.25, -0.2) is 9.18 Å². The molecule has 0 radical (unpaired) electrons. The van der Waals surface area contributed by atoms with Crippen molar-refractivity contribution >= 4 is 29.1 Å². The molecule has 0 bridgehead atoms. The van der Waals surface area contributed by atoms with Gasteiger partial charge < -0.3 is 10.4 Å². The van der Waals surface area contributed by atoms with Crippen molar-refractivity contribution < 1.29 is 19.1 Å². The molecule has 1 amide bonds. The van der Waals surface area contributed by atoms with Crippen LogP contribution < -0.4 is 5.32 Å². The standard InChI is InChI=1S/C11H8FN3O3S/c1-5-9(19-15-14-5)10(16)13-7-4-2-3-6(12)8(7)11(17)18/h2-4H,1H3,(H,13,16)(H,17,18). The van der Waals surface area contributed by atoms with Crippen LogP contribution in [0.5, 0.6) is 0 Å². The first-order chi connectivity index (χ1) is 9.00. The van der Waals surface area contributed by atoms with Crippen LogP contribution in [0.1, 0.15) is 25.7 Å². The van der Waals surface area contributed by atoms with E-state index in [0.717, 1.165) is 17.6 Å². The van der Waals surface area contributed by atoms with E-state index in [2.05, 4.69) is 14.9 Å². The number of benzene rings is 1. The lowest BCUT2D eigenvalue weighted by Gasteiger charge is -2.08. The molecule has 2 rings (SSSR count). The maximum atomic E-state index is 13.4. The second-order valence-corrected chi connectivity index (χ2v) is 4.36. The van der Waals surface area contributed by atoms with Crippen molar-refractivity contribution in [2.45, 2.75) is 6.92 Å². The minimum atomic E-state index is -1.45. The van der Waals surface area contributed by atoms with Crippen LogP contribution in [0.25, 0.3) is 0 Å². The van der Waals surface area contributed by atoms with Gasteiger partial charge in [-0.2, -0.15) is 0 Å². The summed E-state index contributed by atoms with van der Waals surface area (Å²) in [6.07, 6.45) is 0. The van der Waals surface area contributed by atoms with Crippen molar-refractivity contribution in [3.63, 3.8) is 0 Å². The number of aromatic carboxylic acids is 1. The lowest BCUT2D eigenvalue weighted by Crippen LogP contribution is -2.15. The summed E-state index contributed by atoms with van der Waals surface area (Å²) in [5, 5.41) is 14.9. The molecule has 1 heterocycles. The molecule has 1 aromatic carbocycles. The number of carboxylic acids is 1. The summed E-state index contributed by atoms with van der Waals surface area (Å²) in [7, 11) is 0. The number of hydrogen-bond acceptors (Lipinski definition) is 5. The Morgan fingerprint density at radius 3 is 2.74 bits per heavy atom. The second-order valence-electron chi connectivity index (χ2n) is 3.61. The average Bonchev–Trinajstić information content (AvgIpc) is 2.75. The average molecular weight is 281 g/mol. The van der Waals surface area contributed by atoms with Gasteiger partial charge in [0.1, 0.15) is 16.3 Å². The molecule has 1 aromatic heterocycles. The highest BCUT2D eigenvalue weighted by Gasteiger charge is 2.19. The lowest BCUT2D eigenvalue weighted by molar-refractivity contribution is 0.0693. The third-order valence-corrected chi connectivity index (χ3v) is 3.16. The van der Waals surface area contributed by atoms with Crippen molar-refractivity contribution in [1.82, 2.24) is 9.59 Å². The van der Waals surface area contributed by atoms with Crippen molar-refractivity contribution in [2.75, 3.05) is 5.32 Å². The molecule has 0 saturated carbocycles. The van der Waals surface area contributed by atoms with Crippen molar-refractivity contribution in [1.29, 1.82) is 0 Å². The first kappa shape index (κ1) is 13.1. The molecule has 98 valence electrons. The molecule has 0 aliphatic rings. The summed E-state index contributed by atoms with van der Waals surface area (Å²) >= 11 is 0.881. The zero-order valence-electron chi connectivity index (χ0n) is 9.68. The highest BCUT2D eigenvalue weighted by Crippen LogP contribution is 2.20. The van der Waals surface area contributed by atoms with E-state index < -0.39 is 23.3 Å². The number of anilines is 1. The maximum absolute atomic E-state index is 13.4. The smallest absolute Gasteiger partial charge is 0.340 e. The van der Waals surface area contributed by atoms with Gasteiger partial charge in [-0.15, -0.1) is 5.10 Å². The minimum absolute atomic E-state index is 0.106. The predicted molar refractivity (Wildman–Crippen MR) is 66.0 cm³/mol. The summed E-state index contributed by atoms with van der Waals surface area (Å²) < 4.78 is 17.0. The van der Waals surface area contributed by atoms with E-state index in [9.17, 15) is 14.0 Å². The summed E-state index contributed by atoms with van der Waals surface area (Å²) in [4.78, 5) is 23.1. The number of aryl methyl sites for hydroxylation is 1. The van der Waals surface area contributed by atoms with E-state index in [1.807, 2.05) is 0 Å². The monoisotopic (exact) mass is 281 g/mol. The zero-order valence-corrected chi connectivity index (χ0v) is 10.5. The minimum Gasteiger partial charge on any atom is -0.478 e. The third-order valence-electron chi connectivity index (χ3n) is 2.33. The quantitative estimate of drug-likeness (QED) is 0.896. The fraction of sp³-hybridized carbons (Fsp3) is 0.0909. The number of carbonyl (C=O) groups is 2. The number of halogens is 1. The number of rotatable bonds is 3. The summed E-state index contributed by atoms with van der Waals surface area (Å²) in [6, 6.07) is 3.64. The molecular weight excluding hydrogens is 273 g/mol. The number of carboxylic acid groups (broad SMARTS) is 1. The van der Waals surface area contributed by atoms with Gasteiger partial charge in [0, 0.05) is 0 Å². The molecule has 0 atom stereocenters. The fourth-order valence-electron chi connectivity index (χ4n) is 1.46. The maximum Gasteiger partial charge on any atom is 0.340 e. The Balaban J connectivity index is 2.35. The molecule has 8 heteroatoms. The molecule has 0 aliphatic carbocycles. The molecule has 2 aromatic rings. The van der Waals surface area contributed by atoms with E-state index in [0.29, 0.717) is 5.69 Å². The Morgan fingerprint density at radius 2 is 2.16 bits per heavy atom. The SMILES string of the molecule is Cc1nnsc1C(=O)Nc1cccc(F)c1C(=O)O. The Morgan fingerprint density at radius 1 is 1.42 bits per heavy atom. The second kappa shape index (κ2) is 5.11. The third kappa shape index (κ3) is 2.58. The largest absolute Gasteiger partial charge is 0.478 e. The van der Waals surface area contributed by atoms with Crippen molar-refractivity contribution in [3.05, 3.63) is 40.2 Å². The molecule has 0 fully saturated rings. The van der Waals surface area contributed by atoms with E-state index in [1.165, 1.54) is 12.1 Å². The van der Waals surface area contributed by atoms with Crippen LogP contribution in [0.4, 0.5) is 10.1 Å². The lowest BCUT2D eigenvalue weighted by atomic mass is 10.1. The van der Waals surface area contributed by atoms with Crippen LogP contribution in [0.15, 0.2) is 18.2 Å². The van der Waals surface area contributed by atoms with Gasteiger partial charge in [0.25, 0.3) is 5.91 Å². The summed E-state index contributed by atoms with van der Waals surface area (Å²) in [5.74, 6) is -2.93. The van der Waals surface area contributed by atoms with E-state index >= 15 is 0 Å². The van der Waals surface area contributed by atoms with Gasteiger partial charge in [0.2, 0.25) is 0 Å². The molecule has 0 saturated heterocycles. The van der Waals surface area contributed by atoms with E-state index in [4.69, 9.17) is 5.11 Å². The van der Waals surface area contributed by atoms with Crippen molar-refractivity contribution in [2.24, 2.45) is 0 Å². The number of amides is 1. The van der Waals surface area contributed by atoms with Crippen LogP contribution in [-0.4, -0.2) is 26.6 Å².